The summed E-state index contributed by atoms with van der Waals surface area (Å²) in [5.41, 5.74) is 0. The quantitative estimate of drug-likeness (QED) is 0.574. The fraction of sp³-hybridized carbons (Fsp3) is 0.917. The maximum absolute atomic E-state index is 10.2. The van der Waals surface area contributed by atoms with Crippen molar-refractivity contribution >= 4 is 6.29 Å². The fourth-order valence-electron chi connectivity index (χ4n) is 2.34. The molecule has 1 heteroatoms. The zero-order valence-electron chi connectivity index (χ0n) is 8.80. The molecule has 0 radical (unpaired) electrons. The second-order valence-electron chi connectivity index (χ2n) is 4.59. The maximum atomic E-state index is 10.2. The molecule has 1 saturated carbocycles. The third-order valence-electron chi connectivity index (χ3n) is 3.28. The van der Waals surface area contributed by atoms with E-state index < -0.39 is 0 Å². The normalized spacial score (nSPS) is 20.4. The van der Waals surface area contributed by atoms with Crippen molar-refractivity contribution in [3.05, 3.63) is 0 Å². The van der Waals surface area contributed by atoms with Gasteiger partial charge in [0.15, 0.2) is 0 Å². The lowest BCUT2D eigenvalue weighted by molar-refractivity contribution is -0.108. The van der Waals surface area contributed by atoms with Gasteiger partial charge < -0.3 is 4.79 Å². The van der Waals surface area contributed by atoms with E-state index in [1.165, 1.54) is 44.9 Å². The van der Waals surface area contributed by atoms with Gasteiger partial charge in [-0.25, -0.2) is 0 Å². The van der Waals surface area contributed by atoms with E-state index >= 15 is 0 Å². The van der Waals surface area contributed by atoms with E-state index in [0.717, 1.165) is 18.6 Å². The van der Waals surface area contributed by atoms with Gasteiger partial charge in [-0.3, -0.25) is 0 Å². The Hall–Kier alpha value is -0.330. The summed E-state index contributed by atoms with van der Waals surface area (Å²) >= 11 is 0. The van der Waals surface area contributed by atoms with Gasteiger partial charge in [0.05, 0.1) is 0 Å². The molecule has 0 aliphatic heterocycles. The van der Waals surface area contributed by atoms with E-state index in [2.05, 4.69) is 6.92 Å². The van der Waals surface area contributed by atoms with Gasteiger partial charge in [0.2, 0.25) is 0 Å². The lowest BCUT2D eigenvalue weighted by Gasteiger charge is -2.10. The van der Waals surface area contributed by atoms with Crippen molar-refractivity contribution in [1.82, 2.24) is 0 Å². The first-order chi connectivity index (χ1) is 6.33. The van der Waals surface area contributed by atoms with E-state index in [1.807, 2.05) is 0 Å². The van der Waals surface area contributed by atoms with Crippen LogP contribution in [-0.4, -0.2) is 6.29 Å². The summed E-state index contributed by atoms with van der Waals surface area (Å²) in [7, 11) is 0. The molecule has 0 amide bonds. The van der Waals surface area contributed by atoms with Gasteiger partial charge in [-0.05, 0) is 11.8 Å². The number of aldehydes is 1. The van der Waals surface area contributed by atoms with E-state index in [0.29, 0.717) is 5.92 Å². The van der Waals surface area contributed by atoms with Crippen LogP contribution in [0.4, 0.5) is 0 Å². The standard InChI is InChI=1S/C12H22O/c1-11(9-10-13)5-4-8-12-6-2-3-7-12/h10-12H,2-9H2,1H3. The van der Waals surface area contributed by atoms with Gasteiger partial charge in [-0.2, -0.15) is 0 Å². The van der Waals surface area contributed by atoms with Crippen LogP contribution in [-0.2, 0) is 4.79 Å². The first kappa shape index (κ1) is 10.7. The van der Waals surface area contributed by atoms with Crippen molar-refractivity contribution in [1.29, 1.82) is 0 Å². The summed E-state index contributed by atoms with van der Waals surface area (Å²) in [6.07, 6.45) is 11.6. The van der Waals surface area contributed by atoms with Gasteiger partial charge in [-0.15, -0.1) is 0 Å². The maximum Gasteiger partial charge on any atom is 0.120 e. The summed E-state index contributed by atoms with van der Waals surface area (Å²) < 4.78 is 0. The highest BCUT2D eigenvalue weighted by Crippen LogP contribution is 2.29. The van der Waals surface area contributed by atoms with E-state index in [1.54, 1.807) is 0 Å². The largest absolute Gasteiger partial charge is 0.303 e. The van der Waals surface area contributed by atoms with Crippen LogP contribution in [0.25, 0.3) is 0 Å². The molecule has 1 atom stereocenters. The summed E-state index contributed by atoms with van der Waals surface area (Å²) in [6.45, 7) is 2.18. The summed E-state index contributed by atoms with van der Waals surface area (Å²) in [4.78, 5) is 10.2. The molecule has 0 N–H and O–H groups in total. The summed E-state index contributed by atoms with van der Waals surface area (Å²) in [6, 6.07) is 0. The zero-order chi connectivity index (χ0) is 9.52. The van der Waals surface area contributed by atoms with Crippen molar-refractivity contribution in [2.45, 2.75) is 58.3 Å². The van der Waals surface area contributed by atoms with Crippen molar-refractivity contribution in [2.24, 2.45) is 11.8 Å². The molecule has 0 saturated heterocycles. The molecule has 1 rings (SSSR count). The Kier molecular flexibility index (Phi) is 5.10. The number of hydrogen-bond donors (Lipinski definition) is 0. The van der Waals surface area contributed by atoms with E-state index in [-0.39, 0.29) is 0 Å². The van der Waals surface area contributed by atoms with Crippen molar-refractivity contribution in [3.63, 3.8) is 0 Å². The molecule has 0 heterocycles. The topological polar surface area (TPSA) is 17.1 Å². The van der Waals surface area contributed by atoms with Crippen LogP contribution in [0.15, 0.2) is 0 Å². The number of carbonyl (C=O) groups excluding carboxylic acids is 1. The summed E-state index contributed by atoms with van der Waals surface area (Å²) in [5, 5.41) is 0. The van der Waals surface area contributed by atoms with Crippen molar-refractivity contribution in [3.8, 4) is 0 Å². The monoisotopic (exact) mass is 182 g/mol. The molecular weight excluding hydrogens is 160 g/mol. The SMILES string of the molecule is CC(CC=O)CCCC1CCCC1. The van der Waals surface area contributed by atoms with Crippen LogP contribution >= 0.6 is 0 Å². The van der Waals surface area contributed by atoms with Crippen LogP contribution in [0, 0.1) is 11.8 Å². The Labute approximate surface area is 81.9 Å². The van der Waals surface area contributed by atoms with Crippen LogP contribution in [0.3, 0.4) is 0 Å². The highest BCUT2D eigenvalue weighted by atomic mass is 16.1. The highest BCUT2D eigenvalue weighted by molar-refractivity contribution is 5.49. The Morgan fingerprint density at radius 3 is 2.69 bits per heavy atom. The summed E-state index contributed by atoms with van der Waals surface area (Å²) in [5.74, 6) is 1.63. The molecule has 0 spiro atoms. The third-order valence-corrected chi connectivity index (χ3v) is 3.28. The molecule has 0 aromatic carbocycles. The van der Waals surface area contributed by atoms with Gasteiger partial charge in [0, 0.05) is 6.42 Å². The molecule has 1 nitrogen and oxygen atoms in total. The molecule has 0 aromatic rings. The van der Waals surface area contributed by atoms with Crippen LogP contribution in [0.1, 0.15) is 58.3 Å². The molecule has 0 aromatic heterocycles. The van der Waals surface area contributed by atoms with Gasteiger partial charge in [-0.1, -0.05) is 51.9 Å². The minimum atomic E-state index is 0.610. The molecular formula is C12H22O. The van der Waals surface area contributed by atoms with E-state index in [9.17, 15) is 4.79 Å². The Morgan fingerprint density at radius 1 is 1.38 bits per heavy atom. The second kappa shape index (κ2) is 6.17. The number of carbonyl (C=O) groups is 1. The van der Waals surface area contributed by atoms with E-state index in [4.69, 9.17) is 0 Å². The molecule has 76 valence electrons. The highest BCUT2D eigenvalue weighted by Gasteiger charge is 2.14. The minimum Gasteiger partial charge on any atom is -0.303 e. The van der Waals surface area contributed by atoms with Gasteiger partial charge >= 0.3 is 0 Å². The average Bonchev–Trinajstić information content (AvgIpc) is 2.57. The third kappa shape index (κ3) is 4.44. The minimum absolute atomic E-state index is 0.610. The Morgan fingerprint density at radius 2 is 2.08 bits per heavy atom. The smallest absolute Gasteiger partial charge is 0.120 e. The molecule has 13 heavy (non-hydrogen) atoms. The van der Waals surface area contributed by atoms with Crippen LogP contribution in [0.2, 0.25) is 0 Å². The van der Waals surface area contributed by atoms with Gasteiger partial charge in [0.1, 0.15) is 6.29 Å². The molecule has 1 aliphatic carbocycles. The molecule has 0 bridgehead atoms. The first-order valence-corrected chi connectivity index (χ1v) is 5.76. The number of rotatable bonds is 6. The van der Waals surface area contributed by atoms with Gasteiger partial charge in [0.25, 0.3) is 0 Å². The van der Waals surface area contributed by atoms with Crippen LogP contribution in [0.5, 0.6) is 0 Å². The lowest BCUT2D eigenvalue weighted by atomic mass is 9.95. The lowest BCUT2D eigenvalue weighted by Crippen LogP contribution is -1.98. The average molecular weight is 182 g/mol. The molecule has 1 aliphatic rings. The zero-order valence-corrected chi connectivity index (χ0v) is 8.80. The predicted octanol–water partition coefficient (Wildman–Crippen LogP) is 3.57. The van der Waals surface area contributed by atoms with Crippen molar-refractivity contribution in [2.75, 3.05) is 0 Å². The first-order valence-electron chi connectivity index (χ1n) is 5.76. The fourth-order valence-corrected chi connectivity index (χ4v) is 2.34. The molecule has 1 unspecified atom stereocenters. The predicted molar refractivity (Wildman–Crippen MR) is 55.7 cm³/mol. The Balaban J connectivity index is 1.96. The van der Waals surface area contributed by atoms with Crippen LogP contribution < -0.4 is 0 Å². The Bertz CT molecular complexity index is 136. The van der Waals surface area contributed by atoms with Crippen molar-refractivity contribution < 1.29 is 4.79 Å². The number of hydrogen-bond acceptors (Lipinski definition) is 1. The second-order valence-corrected chi connectivity index (χ2v) is 4.59. The molecule has 1 fully saturated rings.